The van der Waals surface area contributed by atoms with E-state index in [9.17, 15) is 0 Å². The van der Waals surface area contributed by atoms with Gasteiger partial charge < -0.3 is 5.32 Å². The van der Waals surface area contributed by atoms with Crippen LogP contribution in [0.4, 0.5) is 5.82 Å². The maximum absolute atomic E-state index is 4.31. The number of hydrogen-bond acceptors (Lipinski definition) is 4. The van der Waals surface area contributed by atoms with E-state index in [1.165, 1.54) is 32.4 Å². The van der Waals surface area contributed by atoms with Crippen LogP contribution in [-0.2, 0) is 0 Å². The van der Waals surface area contributed by atoms with Crippen molar-refractivity contribution in [3.63, 3.8) is 0 Å². The second kappa shape index (κ2) is 4.44. The van der Waals surface area contributed by atoms with Crippen LogP contribution in [0.15, 0.2) is 12.5 Å². The van der Waals surface area contributed by atoms with Crippen molar-refractivity contribution < 1.29 is 0 Å². The van der Waals surface area contributed by atoms with Gasteiger partial charge in [-0.25, -0.2) is 9.97 Å². The molecule has 0 aliphatic carbocycles. The van der Waals surface area contributed by atoms with Crippen LogP contribution < -0.4 is 5.32 Å². The molecule has 2 aliphatic heterocycles. The molecule has 2 fully saturated rings. The number of hydrogen-bond donors (Lipinski definition) is 1. The number of anilines is 1. The maximum atomic E-state index is 4.31. The Labute approximate surface area is 109 Å². The van der Waals surface area contributed by atoms with Gasteiger partial charge in [0.05, 0.1) is 3.57 Å². The third-order valence-corrected chi connectivity index (χ3v) is 4.39. The topological polar surface area (TPSA) is 41.1 Å². The molecule has 0 radical (unpaired) electrons. The molecule has 0 bridgehead atoms. The second-order valence-corrected chi connectivity index (χ2v) is 5.67. The smallest absolute Gasteiger partial charge is 0.143 e. The molecule has 1 aromatic heterocycles. The molecule has 2 aliphatic rings. The molecule has 0 amide bonds. The Hall–Kier alpha value is -0.430. The van der Waals surface area contributed by atoms with Gasteiger partial charge in [-0.05, 0) is 48.4 Å². The first-order chi connectivity index (χ1) is 7.84. The number of nitrogens with zero attached hydrogens (tertiary/aromatic N) is 3. The SMILES string of the molecule is Ic1cncnc1NC1CCN2CCCC12. The van der Waals surface area contributed by atoms with E-state index in [2.05, 4.69) is 42.8 Å². The second-order valence-electron chi connectivity index (χ2n) is 4.50. The number of nitrogens with one attached hydrogen (secondary N) is 1. The molecule has 86 valence electrons. The van der Waals surface area contributed by atoms with Crippen molar-refractivity contribution >= 4 is 28.4 Å². The molecular formula is C11H15IN4. The van der Waals surface area contributed by atoms with E-state index >= 15 is 0 Å². The van der Waals surface area contributed by atoms with Crippen LogP contribution in [0.2, 0.25) is 0 Å². The molecule has 2 saturated heterocycles. The molecule has 16 heavy (non-hydrogen) atoms. The van der Waals surface area contributed by atoms with E-state index < -0.39 is 0 Å². The van der Waals surface area contributed by atoms with E-state index in [0.29, 0.717) is 6.04 Å². The fourth-order valence-electron chi connectivity index (χ4n) is 2.85. The Morgan fingerprint density at radius 2 is 2.31 bits per heavy atom. The van der Waals surface area contributed by atoms with E-state index in [4.69, 9.17) is 0 Å². The summed E-state index contributed by atoms with van der Waals surface area (Å²) in [7, 11) is 0. The van der Waals surface area contributed by atoms with Crippen LogP contribution >= 0.6 is 22.6 Å². The van der Waals surface area contributed by atoms with Crippen LogP contribution in [0.5, 0.6) is 0 Å². The lowest BCUT2D eigenvalue weighted by molar-refractivity contribution is 0.318. The monoisotopic (exact) mass is 330 g/mol. The summed E-state index contributed by atoms with van der Waals surface area (Å²) in [4.78, 5) is 10.9. The number of halogens is 1. The van der Waals surface area contributed by atoms with Crippen molar-refractivity contribution in [2.45, 2.75) is 31.3 Å². The van der Waals surface area contributed by atoms with Crippen LogP contribution in [-0.4, -0.2) is 40.0 Å². The van der Waals surface area contributed by atoms with Gasteiger partial charge >= 0.3 is 0 Å². The van der Waals surface area contributed by atoms with Gasteiger partial charge in [-0.15, -0.1) is 0 Å². The van der Waals surface area contributed by atoms with E-state index in [1.807, 2.05) is 6.20 Å². The highest BCUT2D eigenvalue weighted by Gasteiger charge is 2.37. The minimum atomic E-state index is 0.575. The third-order valence-electron chi connectivity index (χ3n) is 3.60. The predicted molar refractivity (Wildman–Crippen MR) is 71.4 cm³/mol. The lowest BCUT2D eigenvalue weighted by Crippen LogP contribution is -2.34. The summed E-state index contributed by atoms with van der Waals surface area (Å²) >= 11 is 2.29. The summed E-state index contributed by atoms with van der Waals surface area (Å²) in [6.07, 6.45) is 7.40. The molecule has 0 spiro atoms. The van der Waals surface area contributed by atoms with Gasteiger partial charge in [0, 0.05) is 24.8 Å². The van der Waals surface area contributed by atoms with Crippen molar-refractivity contribution in [3.05, 3.63) is 16.1 Å². The molecular weight excluding hydrogens is 315 g/mol. The highest BCUT2D eigenvalue weighted by atomic mass is 127. The van der Waals surface area contributed by atoms with E-state index in [1.54, 1.807) is 6.33 Å². The lowest BCUT2D eigenvalue weighted by Gasteiger charge is -2.21. The molecule has 2 atom stereocenters. The molecule has 1 aromatic rings. The Bertz CT molecular complexity index is 384. The van der Waals surface area contributed by atoms with Crippen LogP contribution in [0.3, 0.4) is 0 Å². The molecule has 3 rings (SSSR count). The minimum Gasteiger partial charge on any atom is -0.365 e. The molecule has 0 saturated carbocycles. The number of fused-ring (bicyclic) bond motifs is 1. The van der Waals surface area contributed by atoms with Gasteiger partial charge in [0.25, 0.3) is 0 Å². The Morgan fingerprint density at radius 3 is 3.19 bits per heavy atom. The van der Waals surface area contributed by atoms with E-state index in [-0.39, 0.29) is 0 Å². The average Bonchev–Trinajstić information content (AvgIpc) is 2.86. The van der Waals surface area contributed by atoms with Crippen LogP contribution in [0.25, 0.3) is 0 Å². The lowest BCUT2D eigenvalue weighted by atomic mass is 10.1. The Balaban J connectivity index is 1.73. The first kappa shape index (κ1) is 10.7. The summed E-state index contributed by atoms with van der Waals surface area (Å²) < 4.78 is 1.11. The summed E-state index contributed by atoms with van der Waals surface area (Å²) in [5, 5.41) is 3.58. The van der Waals surface area contributed by atoms with Crippen molar-refractivity contribution in [2.75, 3.05) is 18.4 Å². The first-order valence-electron chi connectivity index (χ1n) is 5.81. The van der Waals surface area contributed by atoms with Gasteiger partial charge in [0.1, 0.15) is 12.1 Å². The summed E-state index contributed by atoms with van der Waals surface area (Å²) in [5.41, 5.74) is 0. The molecule has 4 nitrogen and oxygen atoms in total. The van der Waals surface area contributed by atoms with Gasteiger partial charge in [-0.2, -0.15) is 0 Å². The summed E-state index contributed by atoms with van der Waals surface area (Å²) in [5.74, 6) is 0.995. The first-order valence-corrected chi connectivity index (χ1v) is 6.88. The largest absolute Gasteiger partial charge is 0.365 e. The molecule has 0 aromatic carbocycles. The quantitative estimate of drug-likeness (QED) is 0.839. The number of rotatable bonds is 2. The minimum absolute atomic E-state index is 0.575. The molecule has 5 heteroatoms. The van der Waals surface area contributed by atoms with Gasteiger partial charge in [-0.3, -0.25) is 4.90 Å². The standard InChI is InChI=1S/C11H15IN4/c12-8-6-13-7-14-11(8)15-9-3-5-16-4-1-2-10(9)16/h6-7,9-10H,1-5H2,(H,13,14,15). The highest BCUT2D eigenvalue weighted by molar-refractivity contribution is 14.1. The van der Waals surface area contributed by atoms with Gasteiger partial charge in [0.15, 0.2) is 0 Å². The summed E-state index contributed by atoms with van der Waals surface area (Å²) in [6.45, 7) is 2.52. The summed E-state index contributed by atoms with van der Waals surface area (Å²) in [6, 6.07) is 1.30. The van der Waals surface area contributed by atoms with E-state index in [0.717, 1.165) is 15.4 Å². The van der Waals surface area contributed by atoms with Gasteiger partial charge in [-0.1, -0.05) is 0 Å². The highest BCUT2D eigenvalue weighted by Crippen LogP contribution is 2.30. The zero-order valence-electron chi connectivity index (χ0n) is 9.06. The molecule has 3 heterocycles. The van der Waals surface area contributed by atoms with Crippen molar-refractivity contribution in [3.8, 4) is 0 Å². The maximum Gasteiger partial charge on any atom is 0.143 e. The molecule has 2 unspecified atom stereocenters. The molecule has 1 N–H and O–H groups in total. The average molecular weight is 330 g/mol. The third kappa shape index (κ3) is 1.90. The fourth-order valence-corrected chi connectivity index (χ4v) is 3.30. The Morgan fingerprint density at radius 1 is 1.38 bits per heavy atom. The Kier molecular flexibility index (Phi) is 2.97. The zero-order valence-corrected chi connectivity index (χ0v) is 11.2. The van der Waals surface area contributed by atoms with Crippen molar-refractivity contribution in [2.24, 2.45) is 0 Å². The zero-order chi connectivity index (χ0) is 11.0. The van der Waals surface area contributed by atoms with Crippen molar-refractivity contribution in [1.82, 2.24) is 14.9 Å². The van der Waals surface area contributed by atoms with Crippen LogP contribution in [0.1, 0.15) is 19.3 Å². The number of aromatic nitrogens is 2. The predicted octanol–water partition coefficient (Wildman–Crippen LogP) is 1.73. The van der Waals surface area contributed by atoms with Gasteiger partial charge in [0.2, 0.25) is 0 Å². The normalized spacial score (nSPS) is 29.3. The van der Waals surface area contributed by atoms with Crippen LogP contribution in [0, 0.1) is 3.57 Å². The fraction of sp³-hybridized carbons (Fsp3) is 0.636. The van der Waals surface area contributed by atoms with Crippen molar-refractivity contribution in [1.29, 1.82) is 0 Å².